The molecule has 0 bridgehead atoms. The molecule has 2 amide bonds. The second-order valence-corrected chi connectivity index (χ2v) is 7.15. The lowest BCUT2D eigenvalue weighted by molar-refractivity contribution is 0.128. The van der Waals surface area contributed by atoms with Gasteiger partial charge in [0.15, 0.2) is 0 Å². The highest BCUT2D eigenvalue weighted by Gasteiger charge is 2.29. The molecule has 1 saturated heterocycles. The molecule has 1 saturated carbocycles. The van der Waals surface area contributed by atoms with Crippen molar-refractivity contribution in [3.05, 3.63) is 35.9 Å². The molecule has 0 spiro atoms. The normalized spacial score (nSPS) is 27.9. The van der Waals surface area contributed by atoms with E-state index in [9.17, 15) is 9.90 Å². The Labute approximate surface area is 138 Å². The fourth-order valence-corrected chi connectivity index (χ4v) is 4.00. The first-order valence-corrected chi connectivity index (χ1v) is 8.95. The topological polar surface area (TPSA) is 52.6 Å². The number of amides is 2. The fourth-order valence-electron chi connectivity index (χ4n) is 4.00. The van der Waals surface area contributed by atoms with Crippen LogP contribution in [0, 0.1) is 11.8 Å². The molecule has 0 radical (unpaired) electrons. The van der Waals surface area contributed by atoms with Crippen LogP contribution in [0.1, 0.15) is 37.7 Å². The van der Waals surface area contributed by atoms with Crippen molar-refractivity contribution in [2.24, 2.45) is 11.8 Å². The minimum Gasteiger partial charge on any atom is -0.396 e. The van der Waals surface area contributed by atoms with Crippen molar-refractivity contribution in [1.82, 2.24) is 10.2 Å². The molecule has 3 atom stereocenters. The predicted molar refractivity (Wildman–Crippen MR) is 91.2 cm³/mol. The Morgan fingerprint density at radius 2 is 2.00 bits per heavy atom. The Morgan fingerprint density at radius 1 is 1.17 bits per heavy atom. The van der Waals surface area contributed by atoms with Gasteiger partial charge in [0.1, 0.15) is 0 Å². The number of hydrogen-bond donors (Lipinski definition) is 2. The molecule has 1 aliphatic carbocycles. The molecule has 2 aliphatic rings. The third kappa shape index (κ3) is 4.47. The number of benzene rings is 1. The van der Waals surface area contributed by atoms with Crippen LogP contribution in [0.5, 0.6) is 0 Å². The number of nitrogens with one attached hydrogen (secondary N) is 1. The standard InChI is InChI=1S/C19H28N2O2/c22-14-17-7-4-10-21(13-17)19(23)20-18-9-8-16(12-18)11-15-5-2-1-3-6-15/h1-3,5-6,16-18,22H,4,7-14H2,(H,20,23)/t16-,17-,18-/m1/s1. The van der Waals surface area contributed by atoms with Crippen molar-refractivity contribution in [3.63, 3.8) is 0 Å². The van der Waals surface area contributed by atoms with Gasteiger partial charge in [0, 0.05) is 25.7 Å². The number of nitrogens with zero attached hydrogens (tertiary/aromatic N) is 1. The number of carbonyl (C=O) groups excluding carboxylic acids is 1. The largest absolute Gasteiger partial charge is 0.396 e. The Kier molecular flexibility index (Phi) is 5.55. The highest BCUT2D eigenvalue weighted by Crippen LogP contribution is 2.29. The number of piperidine rings is 1. The molecule has 23 heavy (non-hydrogen) atoms. The van der Waals surface area contributed by atoms with E-state index < -0.39 is 0 Å². The first-order chi connectivity index (χ1) is 11.2. The molecule has 2 fully saturated rings. The number of likely N-dealkylation sites (tertiary alicyclic amines) is 1. The number of urea groups is 1. The molecule has 0 aromatic heterocycles. The molecule has 2 N–H and O–H groups in total. The van der Waals surface area contributed by atoms with Crippen LogP contribution < -0.4 is 5.32 Å². The van der Waals surface area contributed by atoms with Crippen LogP contribution in [0.25, 0.3) is 0 Å². The van der Waals surface area contributed by atoms with Crippen molar-refractivity contribution < 1.29 is 9.90 Å². The van der Waals surface area contributed by atoms with Gasteiger partial charge in [-0.15, -0.1) is 0 Å². The zero-order chi connectivity index (χ0) is 16.1. The SMILES string of the molecule is O=C(N[C@@H]1CC[C@H](Cc2ccccc2)C1)N1CCC[C@@H](CO)C1. The number of hydrogen-bond acceptors (Lipinski definition) is 2. The fraction of sp³-hybridized carbons (Fsp3) is 0.632. The third-order valence-electron chi connectivity index (χ3n) is 5.30. The summed E-state index contributed by atoms with van der Waals surface area (Å²) in [7, 11) is 0. The van der Waals surface area contributed by atoms with Gasteiger partial charge >= 0.3 is 6.03 Å². The summed E-state index contributed by atoms with van der Waals surface area (Å²) in [6.07, 6.45) is 6.50. The van der Waals surface area contributed by atoms with Gasteiger partial charge in [0.2, 0.25) is 0 Å². The summed E-state index contributed by atoms with van der Waals surface area (Å²) < 4.78 is 0. The van der Waals surface area contributed by atoms with Gasteiger partial charge in [0.05, 0.1) is 0 Å². The van der Waals surface area contributed by atoms with Crippen LogP contribution in [-0.4, -0.2) is 41.8 Å². The highest BCUT2D eigenvalue weighted by molar-refractivity contribution is 5.74. The van der Waals surface area contributed by atoms with Gasteiger partial charge in [-0.25, -0.2) is 4.79 Å². The number of aliphatic hydroxyl groups is 1. The molecule has 1 aromatic rings. The molecule has 1 heterocycles. The maximum Gasteiger partial charge on any atom is 0.317 e. The summed E-state index contributed by atoms with van der Waals surface area (Å²) in [6.45, 7) is 1.71. The van der Waals surface area contributed by atoms with E-state index in [-0.39, 0.29) is 18.6 Å². The van der Waals surface area contributed by atoms with Gasteiger partial charge in [0.25, 0.3) is 0 Å². The van der Waals surface area contributed by atoms with E-state index >= 15 is 0 Å². The average molecular weight is 316 g/mol. The monoisotopic (exact) mass is 316 g/mol. The zero-order valence-corrected chi connectivity index (χ0v) is 13.8. The third-order valence-corrected chi connectivity index (χ3v) is 5.30. The van der Waals surface area contributed by atoms with Gasteiger partial charge in [-0.05, 0) is 55.9 Å². The summed E-state index contributed by atoms with van der Waals surface area (Å²) in [4.78, 5) is 14.3. The molecular weight excluding hydrogens is 288 g/mol. The van der Waals surface area contributed by atoms with E-state index in [4.69, 9.17) is 0 Å². The lowest BCUT2D eigenvalue weighted by Crippen LogP contribution is -2.48. The molecule has 1 aliphatic heterocycles. The second kappa shape index (κ2) is 7.82. The van der Waals surface area contributed by atoms with E-state index in [2.05, 4.69) is 35.6 Å². The molecule has 126 valence electrons. The van der Waals surface area contributed by atoms with Gasteiger partial charge in [-0.2, -0.15) is 0 Å². The first kappa shape index (κ1) is 16.3. The molecule has 3 rings (SSSR count). The Hall–Kier alpha value is -1.55. The highest BCUT2D eigenvalue weighted by atomic mass is 16.3. The van der Waals surface area contributed by atoms with Crippen molar-refractivity contribution in [2.45, 2.75) is 44.6 Å². The van der Waals surface area contributed by atoms with Crippen LogP contribution in [0.4, 0.5) is 4.79 Å². The van der Waals surface area contributed by atoms with E-state index in [1.165, 1.54) is 12.0 Å². The zero-order valence-electron chi connectivity index (χ0n) is 13.8. The molecule has 4 heteroatoms. The lowest BCUT2D eigenvalue weighted by atomic mass is 9.98. The number of carbonyl (C=O) groups is 1. The van der Waals surface area contributed by atoms with Crippen molar-refractivity contribution >= 4 is 6.03 Å². The Morgan fingerprint density at radius 3 is 2.78 bits per heavy atom. The Balaban J connectivity index is 1.45. The van der Waals surface area contributed by atoms with E-state index in [1.54, 1.807) is 0 Å². The van der Waals surface area contributed by atoms with Gasteiger partial charge < -0.3 is 15.3 Å². The average Bonchev–Trinajstić information content (AvgIpc) is 3.02. The number of aliphatic hydroxyl groups excluding tert-OH is 1. The summed E-state index contributed by atoms with van der Waals surface area (Å²) in [6, 6.07) is 11.0. The molecular formula is C19H28N2O2. The van der Waals surface area contributed by atoms with Crippen molar-refractivity contribution in [3.8, 4) is 0 Å². The quantitative estimate of drug-likeness (QED) is 0.897. The summed E-state index contributed by atoms with van der Waals surface area (Å²) in [5, 5.41) is 12.5. The molecule has 4 nitrogen and oxygen atoms in total. The van der Waals surface area contributed by atoms with E-state index in [0.29, 0.717) is 18.5 Å². The van der Waals surface area contributed by atoms with Gasteiger partial charge in [-0.1, -0.05) is 30.3 Å². The van der Waals surface area contributed by atoms with Gasteiger partial charge in [-0.3, -0.25) is 0 Å². The minimum atomic E-state index is 0.0634. The summed E-state index contributed by atoms with van der Waals surface area (Å²) >= 11 is 0. The van der Waals surface area contributed by atoms with Crippen LogP contribution >= 0.6 is 0 Å². The smallest absolute Gasteiger partial charge is 0.317 e. The van der Waals surface area contributed by atoms with E-state index in [0.717, 1.165) is 38.6 Å². The predicted octanol–water partition coefficient (Wildman–Crippen LogP) is 2.81. The maximum atomic E-state index is 12.4. The molecule has 0 unspecified atom stereocenters. The van der Waals surface area contributed by atoms with Crippen LogP contribution in [0.15, 0.2) is 30.3 Å². The Bertz CT molecular complexity index is 505. The maximum absolute atomic E-state index is 12.4. The van der Waals surface area contributed by atoms with E-state index in [1.807, 2.05) is 4.90 Å². The first-order valence-electron chi connectivity index (χ1n) is 8.95. The molecule has 1 aromatic carbocycles. The number of rotatable bonds is 4. The second-order valence-electron chi connectivity index (χ2n) is 7.15. The van der Waals surface area contributed by atoms with Crippen molar-refractivity contribution in [2.75, 3.05) is 19.7 Å². The summed E-state index contributed by atoms with van der Waals surface area (Å²) in [5.74, 6) is 0.929. The van der Waals surface area contributed by atoms with Crippen LogP contribution in [0.2, 0.25) is 0 Å². The lowest BCUT2D eigenvalue weighted by Gasteiger charge is -2.32. The van der Waals surface area contributed by atoms with Crippen LogP contribution in [0.3, 0.4) is 0 Å². The van der Waals surface area contributed by atoms with Crippen molar-refractivity contribution in [1.29, 1.82) is 0 Å². The summed E-state index contributed by atoms with van der Waals surface area (Å²) in [5.41, 5.74) is 1.39. The minimum absolute atomic E-state index is 0.0634. The van der Waals surface area contributed by atoms with Crippen LogP contribution in [-0.2, 0) is 6.42 Å².